The monoisotopic (exact) mass is 489 g/mol. The number of aromatic hydroxyl groups is 1. The van der Waals surface area contributed by atoms with Crippen molar-refractivity contribution in [3.63, 3.8) is 0 Å². The summed E-state index contributed by atoms with van der Waals surface area (Å²) in [6.07, 6.45) is 3.42. The molecule has 0 bridgehead atoms. The topological polar surface area (TPSA) is 49.8 Å². The Balaban J connectivity index is 1.36. The lowest BCUT2D eigenvalue weighted by molar-refractivity contribution is 0.103. The predicted molar refractivity (Wildman–Crippen MR) is 138 cm³/mol. The molecule has 2 heterocycles. The molecule has 0 radical (unpaired) electrons. The van der Waals surface area contributed by atoms with Gasteiger partial charge in [0.25, 0.3) is 0 Å². The van der Waals surface area contributed by atoms with Gasteiger partial charge in [0.2, 0.25) is 5.78 Å². The Morgan fingerprint density at radius 2 is 1.94 bits per heavy atom. The van der Waals surface area contributed by atoms with Crippen LogP contribution in [0, 0.1) is 11.7 Å². The molecule has 0 aliphatic carbocycles. The second-order valence-electron chi connectivity index (χ2n) is 9.29. The Hall–Kier alpha value is -3.22. The highest BCUT2D eigenvalue weighted by molar-refractivity contribution is 7.21. The molecule has 3 aromatic carbocycles. The quantitative estimate of drug-likeness (QED) is 0.270. The third-order valence-corrected chi connectivity index (χ3v) is 7.68. The minimum Gasteiger partial charge on any atom is -0.508 e. The van der Waals surface area contributed by atoms with Gasteiger partial charge in [-0.3, -0.25) is 4.79 Å². The average Bonchev–Trinajstić information content (AvgIpc) is 3.43. The van der Waals surface area contributed by atoms with Crippen LogP contribution < -0.4 is 4.74 Å². The second-order valence-corrected chi connectivity index (χ2v) is 10.3. The maximum absolute atomic E-state index is 14.4. The number of carbonyl (C=O) groups is 1. The zero-order valence-corrected chi connectivity index (χ0v) is 20.5. The summed E-state index contributed by atoms with van der Waals surface area (Å²) in [6.45, 7) is 5.84. The third-order valence-electron chi connectivity index (χ3n) is 6.54. The Morgan fingerprint density at radius 1 is 1.14 bits per heavy atom. The van der Waals surface area contributed by atoms with E-state index in [9.17, 15) is 14.3 Å². The Morgan fingerprint density at radius 3 is 2.69 bits per heavy atom. The van der Waals surface area contributed by atoms with Crippen LogP contribution in [0.2, 0.25) is 0 Å². The number of fused-ring (bicyclic) bond motifs is 1. The van der Waals surface area contributed by atoms with Gasteiger partial charge < -0.3 is 14.7 Å². The number of likely N-dealkylation sites (tertiary alicyclic amines) is 1. The Kier molecular flexibility index (Phi) is 6.84. The zero-order valence-electron chi connectivity index (χ0n) is 19.7. The van der Waals surface area contributed by atoms with E-state index in [1.807, 2.05) is 12.1 Å². The van der Waals surface area contributed by atoms with Crippen LogP contribution in [0.3, 0.4) is 0 Å². The van der Waals surface area contributed by atoms with Crippen molar-refractivity contribution in [2.75, 3.05) is 19.6 Å². The maximum Gasteiger partial charge on any atom is 0.209 e. The van der Waals surface area contributed by atoms with Gasteiger partial charge in [-0.25, -0.2) is 4.39 Å². The largest absolute Gasteiger partial charge is 0.508 e. The molecule has 0 amide bonds. The van der Waals surface area contributed by atoms with Crippen LogP contribution in [0.1, 0.15) is 40.6 Å². The normalized spacial score (nSPS) is 16.1. The van der Waals surface area contributed by atoms with Crippen LogP contribution in [0.15, 0.2) is 66.7 Å². The van der Waals surface area contributed by atoms with Crippen molar-refractivity contribution in [3.05, 3.63) is 88.6 Å². The summed E-state index contributed by atoms with van der Waals surface area (Å²) < 4.78 is 21.3. The fourth-order valence-corrected chi connectivity index (χ4v) is 5.78. The number of phenolic OH excluding ortho intramolecular Hbond substituents is 1. The SMILES string of the molecule is C[C@H]1CCN(CCCc2ccc(Oc3c(C(=O)c4ccccc4F)sc4cc(O)ccc34)cc2)C1. The number of nitrogens with zero attached hydrogens (tertiary/aromatic N) is 1. The second kappa shape index (κ2) is 10.2. The highest BCUT2D eigenvalue weighted by Crippen LogP contribution is 2.42. The molecular weight excluding hydrogens is 461 g/mol. The molecule has 1 fully saturated rings. The van der Waals surface area contributed by atoms with E-state index in [0.29, 0.717) is 26.5 Å². The molecule has 1 saturated heterocycles. The number of halogens is 1. The number of thiophene rings is 1. The average molecular weight is 490 g/mol. The minimum atomic E-state index is -0.573. The Bertz CT molecular complexity index is 1350. The van der Waals surface area contributed by atoms with E-state index >= 15 is 0 Å². The lowest BCUT2D eigenvalue weighted by Gasteiger charge is -2.15. The molecule has 1 atom stereocenters. The van der Waals surface area contributed by atoms with E-state index in [0.717, 1.165) is 25.3 Å². The van der Waals surface area contributed by atoms with Crippen LogP contribution in [0.25, 0.3) is 10.1 Å². The first kappa shape index (κ1) is 23.5. The summed E-state index contributed by atoms with van der Waals surface area (Å²) in [5, 5.41) is 10.6. The van der Waals surface area contributed by atoms with Crippen LogP contribution >= 0.6 is 11.3 Å². The van der Waals surface area contributed by atoms with Crippen molar-refractivity contribution in [1.82, 2.24) is 4.90 Å². The molecule has 1 aliphatic heterocycles. The van der Waals surface area contributed by atoms with E-state index in [-0.39, 0.29) is 11.3 Å². The molecule has 5 rings (SSSR count). The number of hydrogen-bond donors (Lipinski definition) is 1. The first-order chi connectivity index (χ1) is 17.0. The lowest BCUT2D eigenvalue weighted by Crippen LogP contribution is -2.21. The first-order valence-electron chi connectivity index (χ1n) is 12.0. The van der Waals surface area contributed by atoms with Gasteiger partial charge in [-0.05, 0) is 86.3 Å². The summed E-state index contributed by atoms with van der Waals surface area (Å²) in [6, 6.07) is 18.8. The zero-order chi connectivity index (χ0) is 24.4. The van der Waals surface area contributed by atoms with Crippen molar-refractivity contribution in [2.45, 2.75) is 26.2 Å². The number of benzene rings is 3. The van der Waals surface area contributed by atoms with Crippen LogP contribution in [-0.4, -0.2) is 35.4 Å². The van der Waals surface area contributed by atoms with Crippen molar-refractivity contribution in [1.29, 1.82) is 0 Å². The number of rotatable bonds is 8. The molecule has 1 aliphatic rings. The van der Waals surface area contributed by atoms with Gasteiger partial charge in [0.05, 0.1) is 5.56 Å². The number of carbonyl (C=O) groups excluding carboxylic acids is 1. The summed E-state index contributed by atoms with van der Waals surface area (Å²) >= 11 is 1.19. The van der Waals surface area contributed by atoms with Crippen molar-refractivity contribution < 1.29 is 19.0 Å². The summed E-state index contributed by atoms with van der Waals surface area (Å²) in [7, 11) is 0. The third kappa shape index (κ3) is 5.24. The highest BCUT2D eigenvalue weighted by atomic mass is 32.1. The minimum absolute atomic E-state index is 0.00382. The molecular formula is C29H28FNO3S. The lowest BCUT2D eigenvalue weighted by atomic mass is 10.1. The number of aryl methyl sites for hydroxylation is 1. The highest BCUT2D eigenvalue weighted by Gasteiger charge is 2.24. The van der Waals surface area contributed by atoms with Gasteiger partial charge in [0, 0.05) is 16.6 Å². The first-order valence-corrected chi connectivity index (χ1v) is 12.8. The van der Waals surface area contributed by atoms with Gasteiger partial charge >= 0.3 is 0 Å². The van der Waals surface area contributed by atoms with Gasteiger partial charge in [0.15, 0.2) is 5.75 Å². The van der Waals surface area contributed by atoms with E-state index in [2.05, 4.69) is 24.0 Å². The van der Waals surface area contributed by atoms with E-state index in [4.69, 9.17) is 4.74 Å². The van der Waals surface area contributed by atoms with Gasteiger partial charge in [-0.1, -0.05) is 31.2 Å². The summed E-state index contributed by atoms with van der Waals surface area (Å²) in [5.41, 5.74) is 1.24. The maximum atomic E-state index is 14.4. The predicted octanol–water partition coefficient (Wildman–Crippen LogP) is 7.04. The van der Waals surface area contributed by atoms with E-state index in [1.54, 1.807) is 30.3 Å². The molecule has 1 aromatic heterocycles. The van der Waals surface area contributed by atoms with Crippen molar-refractivity contribution in [2.24, 2.45) is 5.92 Å². The molecule has 35 heavy (non-hydrogen) atoms. The van der Waals surface area contributed by atoms with Crippen LogP contribution in [0.5, 0.6) is 17.2 Å². The van der Waals surface area contributed by atoms with Crippen molar-refractivity contribution >= 4 is 27.2 Å². The number of ketones is 1. The molecule has 0 saturated carbocycles. The van der Waals surface area contributed by atoms with Crippen LogP contribution in [0.4, 0.5) is 4.39 Å². The van der Waals surface area contributed by atoms with Crippen LogP contribution in [-0.2, 0) is 6.42 Å². The molecule has 180 valence electrons. The van der Waals surface area contributed by atoms with Gasteiger partial charge in [-0.15, -0.1) is 11.3 Å². The van der Waals surface area contributed by atoms with E-state index < -0.39 is 11.6 Å². The summed E-state index contributed by atoms with van der Waals surface area (Å²) in [5.74, 6) is 0.886. The number of ether oxygens (including phenoxy) is 1. The molecule has 6 heteroatoms. The molecule has 1 N–H and O–H groups in total. The molecule has 4 aromatic rings. The molecule has 4 nitrogen and oxygen atoms in total. The number of hydrogen-bond acceptors (Lipinski definition) is 5. The summed E-state index contributed by atoms with van der Waals surface area (Å²) in [4.78, 5) is 16.1. The van der Waals surface area contributed by atoms with E-state index in [1.165, 1.54) is 48.5 Å². The Labute approximate surface area is 208 Å². The number of phenols is 1. The smallest absolute Gasteiger partial charge is 0.209 e. The molecule has 0 spiro atoms. The van der Waals surface area contributed by atoms with Gasteiger partial charge in [-0.2, -0.15) is 0 Å². The fourth-order valence-electron chi connectivity index (χ4n) is 4.66. The van der Waals surface area contributed by atoms with Gasteiger partial charge in [0.1, 0.15) is 22.2 Å². The molecule has 0 unspecified atom stereocenters. The fraction of sp³-hybridized carbons (Fsp3) is 0.276. The van der Waals surface area contributed by atoms with Crippen molar-refractivity contribution in [3.8, 4) is 17.2 Å². The standard InChI is InChI=1S/C29H28FNO3S/c1-19-14-16-31(18-19)15-4-5-20-8-11-22(12-9-20)34-28-24-13-10-21(32)17-26(24)35-29(28)27(33)23-6-2-3-7-25(23)30/h2-3,6-13,17,19,32H,4-5,14-16,18H2,1H3/t19-/m0/s1.